The average molecular weight is 449 g/mol. The molecule has 0 saturated carbocycles. The zero-order chi connectivity index (χ0) is 23.7. The lowest BCUT2D eigenvalue weighted by Crippen LogP contribution is -2.30. The molecule has 0 aliphatic carbocycles. The first-order valence-corrected chi connectivity index (χ1v) is 10.1. The highest BCUT2D eigenvalue weighted by Gasteiger charge is 2.23. The number of nitrogens with zero attached hydrogens (tertiary/aromatic N) is 7. The van der Waals surface area contributed by atoms with Crippen molar-refractivity contribution in [2.24, 2.45) is 14.1 Å². The van der Waals surface area contributed by atoms with Crippen molar-refractivity contribution in [2.75, 3.05) is 11.9 Å². The molecule has 1 N–H and O–H groups in total. The molecule has 4 aromatic heterocycles. The second kappa shape index (κ2) is 8.69. The van der Waals surface area contributed by atoms with Crippen molar-refractivity contribution < 1.29 is 14.4 Å². The second-order valence-electron chi connectivity index (χ2n) is 7.76. The highest BCUT2D eigenvalue weighted by molar-refractivity contribution is 5.98. The second-order valence-corrected chi connectivity index (χ2v) is 7.76. The van der Waals surface area contributed by atoms with Crippen molar-refractivity contribution in [3.05, 3.63) is 70.0 Å². The van der Waals surface area contributed by atoms with Gasteiger partial charge in [-0.3, -0.25) is 23.8 Å². The maximum absolute atomic E-state index is 12.7. The van der Waals surface area contributed by atoms with Gasteiger partial charge in [-0.2, -0.15) is 5.10 Å². The molecule has 0 aliphatic rings. The van der Waals surface area contributed by atoms with Gasteiger partial charge in [0.2, 0.25) is 11.7 Å². The van der Waals surface area contributed by atoms with Gasteiger partial charge in [-0.25, -0.2) is 4.98 Å². The summed E-state index contributed by atoms with van der Waals surface area (Å²) in [6, 6.07) is 1.91. The fraction of sp³-hybridized carbons (Fsp3) is 0.273. The summed E-state index contributed by atoms with van der Waals surface area (Å²) in [4.78, 5) is 35.7. The zero-order valence-electron chi connectivity index (χ0n) is 18.7. The van der Waals surface area contributed by atoms with Crippen molar-refractivity contribution >= 4 is 11.7 Å². The van der Waals surface area contributed by atoms with Crippen molar-refractivity contribution in [3.63, 3.8) is 0 Å². The molecule has 0 unspecified atom stereocenters. The van der Waals surface area contributed by atoms with Crippen LogP contribution in [0, 0.1) is 6.92 Å². The van der Waals surface area contributed by atoms with Gasteiger partial charge in [0.25, 0.3) is 5.56 Å². The van der Waals surface area contributed by atoms with Crippen molar-refractivity contribution in [3.8, 4) is 16.9 Å². The van der Waals surface area contributed by atoms with Crippen LogP contribution in [-0.4, -0.2) is 47.4 Å². The number of carbonyl (C=O) groups excluding carboxylic acids is 1. The predicted octanol–water partition coefficient (Wildman–Crippen LogP) is 1.64. The number of aromatic nitrogens is 6. The lowest BCUT2D eigenvalue weighted by molar-refractivity contribution is 0.0984. The Bertz CT molecular complexity index is 1370. The quantitative estimate of drug-likeness (QED) is 0.418. The summed E-state index contributed by atoms with van der Waals surface area (Å²) < 4.78 is 7.74. The fourth-order valence-electron chi connectivity index (χ4n) is 3.60. The Morgan fingerprint density at radius 1 is 1.21 bits per heavy atom. The van der Waals surface area contributed by atoms with Gasteiger partial charge in [0.15, 0.2) is 11.5 Å². The van der Waals surface area contributed by atoms with Crippen LogP contribution in [0.1, 0.15) is 27.3 Å². The third kappa shape index (κ3) is 4.12. The smallest absolute Gasteiger partial charge is 0.297 e. The van der Waals surface area contributed by atoms with Crippen LogP contribution >= 0.6 is 0 Å². The Morgan fingerprint density at radius 2 is 2.00 bits per heavy atom. The highest BCUT2D eigenvalue weighted by atomic mass is 16.5. The molecule has 0 aliphatic heterocycles. The predicted molar refractivity (Wildman–Crippen MR) is 119 cm³/mol. The molecule has 33 heavy (non-hydrogen) atoms. The van der Waals surface area contributed by atoms with Crippen LogP contribution < -0.4 is 10.5 Å². The lowest BCUT2D eigenvalue weighted by Gasteiger charge is -2.22. The van der Waals surface area contributed by atoms with Crippen molar-refractivity contribution in [1.29, 1.82) is 0 Å². The Morgan fingerprint density at radius 3 is 2.67 bits per heavy atom. The Balaban J connectivity index is 1.69. The van der Waals surface area contributed by atoms with Gasteiger partial charge in [0.05, 0.1) is 12.4 Å². The van der Waals surface area contributed by atoms with E-state index in [9.17, 15) is 14.7 Å². The van der Waals surface area contributed by atoms with Crippen LogP contribution in [0.3, 0.4) is 0 Å². The van der Waals surface area contributed by atoms with Crippen molar-refractivity contribution in [1.82, 2.24) is 29.5 Å². The van der Waals surface area contributed by atoms with E-state index in [1.54, 1.807) is 35.2 Å². The normalized spacial score (nSPS) is 11.0. The molecule has 170 valence electrons. The van der Waals surface area contributed by atoms with Gasteiger partial charge >= 0.3 is 0 Å². The molecule has 4 heterocycles. The molecule has 0 spiro atoms. The van der Waals surface area contributed by atoms with Crippen LogP contribution in [0.5, 0.6) is 5.75 Å². The largest absolute Gasteiger partial charge is 0.501 e. The summed E-state index contributed by atoms with van der Waals surface area (Å²) in [6.07, 6.45) is 7.87. The summed E-state index contributed by atoms with van der Waals surface area (Å²) >= 11 is 0. The van der Waals surface area contributed by atoms with Gasteiger partial charge in [-0.1, -0.05) is 5.16 Å². The van der Waals surface area contributed by atoms with E-state index in [0.29, 0.717) is 12.1 Å². The number of carbonyl (C=O) groups is 1. The fourth-order valence-corrected chi connectivity index (χ4v) is 3.60. The molecule has 0 saturated heterocycles. The van der Waals surface area contributed by atoms with E-state index in [2.05, 4.69) is 20.2 Å². The molecule has 11 nitrogen and oxygen atoms in total. The zero-order valence-corrected chi connectivity index (χ0v) is 18.7. The first-order chi connectivity index (χ1) is 15.8. The number of aromatic hydroxyl groups is 1. The first kappa shape index (κ1) is 21.9. The molecule has 4 aromatic rings. The molecular formula is C22H23N7O4. The van der Waals surface area contributed by atoms with Crippen molar-refractivity contribution in [2.45, 2.75) is 19.9 Å². The van der Waals surface area contributed by atoms with E-state index in [-0.39, 0.29) is 18.1 Å². The summed E-state index contributed by atoms with van der Waals surface area (Å²) in [5, 5.41) is 18.2. The minimum absolute atomic E-state index is 0.104. The summed E-state index contributed by atoms with van der Waals surface area (Å²) in [6.45, 7) is 2.33. The van der Waals surface area contributed by atoms with E-state index in [1.807, 2.05) is 20.0 Å². The number of hydrogen-bond donors (Lipinski definition) is 1. The average Bonchev–Trinajstić information content (AvgIpc) is 3.42. The third-order valence-corrected chi connectivity index (χ3v) is 5.53. The van der Waals surface area contributed by atoms with Gasteiger partial charge in [0, 0.05) is 63.3 Å². The van der Waals surface area contributed by atoms with Crippen LogP contribution in [0.25, 0.3) is 11.1 Å². The number of Topliss-reactive ketones (excluding diaryl/α,β-unsaturated/α-hetero) is 1. The van der Waals surface area contributed by atoms with E-state index in [4.69, 9.17) is 4.52 Å². The minimum Gasteiger partial charge on any atom is -0.501 e. The minimum atomic E-state index is -0.713. The van der Waals surface area contributed by atoms with Crippen LogP contribution in [0.2, 0.25) is 0 Å². The molecule has 0 amide bonds. The van der Waals surface area contributed by atoms with Crippen LogP contribution in [-0.2, 0) is 27.1 Å². The van der Waals surface area contributed by atoms with Gasteiger partial charge in [-0.15, -0.1) is 0 Å². The first-order valence-electron chi connectivity index (χ1n) is 10.1. The van der Waals surface area contributed by atoms with E-state index >= 15 is 0 Å². The number of rotatable bonds is 7. The summed E-state index contributed by atoms with van der Waals surface area (Å²) in [7, 11) is 5.12. The molecule has 0 aromatic carbocycles. The van der Waals surface area contributed by atoms with Crippen LogP contribution in [0.15, 0.2) is 46.4 Å². The molecule has 0 bridgehead atoms. The van der Waals surface area contributed by atoms with Gasteiger partial charge < -0.3 is 14.5 Å². The SMILES string of the molecule is Cc1c(-c2ccncc2CN(C)c2nc(C(=O)Cc3cnoc3)c(O)c(=O)n2C)cnn1C. The van der Waals surface area contributed by atoms with E-state index < -0.39 is 17.1 Å². The van der Waals surface area contributed by atoms with E-state index in [1.165, 1.54) is 24.1 Å². The molecule has 0 atom stereocenters. The highest BCUT2D eigenvalue weighted by Crippen LogP contribution is 2.27. The van der Waals surface area contributed by atoms with E-state index in [0.717, 1.165) is 22.4 Å². The van der Waals surface area contributed by atoms with Gasteiger partial charge in [-0.05, 0) is 24.1 Å². The maximum atomic E-state index is 12.7. The monoisotopic (exact) mass is 449 g/mol. The maximum Gasteiger partial charge on any atom is 0.297 e. The number of aryl methyl sites for hydroxylation is 1. The molecule has 4 rings (SSSR count). The van der Waals surface area contributed by atoms with Gasteiger partial charge in [0.1, 0.15) is 6.26 Å². The molecule has 0 fully saturated rings. The number of ketones is 1. The Hall–Kier alpha value is -4.28. The third-order valence-electron chi connectivity index (χ3n) is 5.53. The molecule has 0 radical (unpaired) electrons. The standard InChI is InChI=1S/C22H23N7O4/c1-13-17(10-24-29(13)4)16-5-6-23-9-15(16)11-27(2)22-26-19(20(31)21(32)28(22)3)18(30)7-14-8-25-33-12-14/h5-6,8-10,12,31H,7,11H2,1-4H3. The Kier molecular flexibility index (Phi) is 5.78. The van der Waals surface area contributed by atoms with Crippen LogP contribution in [0.4, 0.5) is 5.95 Å². The lowest BCUT2D eigenvalue weighted by atomic mass is 10.0. The number of pyridine rings is 1. The number of hydrogen-bond acceptors (Lipinski definition) is 9. The molecule has 11 heteroatoms. The topological polar surface area (TPSA) is 132 Å². The number of anilines is 1. The summed E-state index contributed by atoms with van der Waals surface area (Å²) in [5.74, 6) is -0.982. The Labute approximate surface area is 188 Å². The summed E-state index contributed by atoms with van der Waals surface area (Å²) in [5.41, 5.74) is 3.32. The molecular weight excluding hydrogens is 426 g/mol.